The van der Waals surface area contributed by atoms with Crippen molar-refractivity contribution in [2.45, 2.75) is 19.4 Å². The van der Waals surface area contributed by atoms with Crippen molar-refractivity contribution < 1.29 is 9.72 Å². The Labute approximate surface area is 153 Å². The summed E-state index contributed by atoms with van der Waals surface area (Å²) in [4.78, 5) is 37.4. The van der Waals surface area contributed by atoms with Gasteiger partial charge >= 0.3 is 0 Å². The Morgan fingerprint density at radius 1 is 1.22 bits per heavy atom. The van der Waals surface area contributed by atoms with Crippen LogP contribution in [0.15, 0.2) is 47.3 Å². The number of aryl methyl sites for hydroxylation is 1. The second kappa shape index (κ2) is 6.60. The molecule has 0 spiro atoms. The lowest BCUT2D eigenvalue weighted by Crippen LogP contribution is -2.40. The number of rotatable bonds is 3. The fraction of sp³-hybridized carbons (Fsp3) is 0.222. The number of anilines is 1. The van der Waals surface area contributed by atoms with Crippen molar-refractivity contribution >= 4 is 28.2 Å². The number of nitro groups is 1. The molecule has 3 aromatic rings. The molecule has 1 aromatic heterocycles. The summed E-state index contributed by atoms with van der Waals surface area (Å²) in [5.41, 5.74) is 1.48. The molecule has 0 aliphatic carbocycles. The van der Waals surface area contributed by atoms with Gasteiger partial charge in [-0.15, -0.1) is 5.10 Å². The van der Waals surface area contributed by atoms with Gasteiger partial charge in [0.05, 0.1) is 10.3 Å². The van der Waals surface area contributed by atoms with Crippen molar-refractivity contribution in [1.82, 2.24) is 15.0 Å². The highest BCUT2D eigenvalue weighted by atomic mass is 16.6. The number of amides is 1. The number of benzene rings is 2. The summed E-state index contributed by atoms with van der Waals surface area (Å²) in [6, 6.07) is 11.3. The monoisotopic (exact) mass is 365 g/mol. The number of nitrogens with zero attached hydrogens (tertiary/aromatic N) is 5. The number of aromatic nitrogens is 3. The molecule has 0 fully saturated rings. The van der Waals surface area contributed by atoms with Crippen molar-refractivity contribution in [1.29, 1.82) is 0 Å². The number of carbonyl (C=O) groups excluding carboxylic acids is 1. The standard InChI is InChI=1S/C18H15N5O4/c24-17(11-22-18(25)14-5-1-2-6-15(14)19-20-22)21-9-3-4-12-10-13(23(26)27)7-8-16(12)21/h1-2,5-8,10H,3-4,9,11H2. The van der Waals surface area contributed by atoms with Gasteiger partial charge in [0.25, 0.3) is 11.2 Å². The maximum atomic E-state index is 12.8. The van der Waals surface area contributed by atoms with Crippen LogP contribution in [0.3, 0.4) is 0 Å². The Bertz CT molecular complexity index is 1120. The van der Waals surface area contributed by atoms with Gasteiger partial charge in [-0.05, 0) is 36.6 Å². The van der Waals surface area contributed by atoms with E-state index in [0.29, 0.717) is 36.0 Å². The molecular formula is C18H15N5O4. The molecule has 0 N–H and O–H groups in total. The molecular weight excluding hydrogens is 350 g/mol. The van der Waals surface area contributed by atoms with Crippen LogP contribution >= 0.6 is 0 Å². The third kappa shape index (κ3) is 3.03. The Morgan fingerprint density at radius 2 is 2.04 bits per heavy atom. The van der Waals surface area contributed by atoms with Gasteiger partial charge in [-0.2, -0.15) is 0 Å². The molecule has 0 unspecified atom stereocenters. The zero-order valence-corrected chi connectivity index (χ0v) is 14.2. The Hall–Kier alpha value is -3.62. The highest BCUT2D eigenvalue weighted by Crippen LogP contribution is 2.30. The van der Waals surface area contributed by atoms with Crippen LogP contribution in [-0.2, 0) is 17.8 Å². The van der Waals surface area contributed by atoms with Crippen molar-refractivity contribution in [3.8, 4) is 0 Å². The third-order valence-electron chi connectivity index (χ3n) is 4.61. The van der Waals surface area contributed by atoms with Crippen molar-refractivity contribution in [3.05, 3.63) is 68.5 Å². The minimum atomic E-state index is -0.453. The van der Waals surface area contributed by atoms with Crippen LogP contribution < -0.4 is 10.5 Å². The van der Waals surface area contributed by atoms with E-state index >= 15 is 0 Å². The predicted molar refractivity (Wildman–Crippen MR) is 97.6 cm³/mol. The average Bonchev–Trinajstić information content (AvgIpc) is 2.69. The second-order valence-electron chi connectivity index (χ2n) is 6.29. The number of fused-ring (bicyclic) bond motifs is 2. The first kappa shape index (κ1) is 16.8. The Kier molecular flexibility index (Phi) is 4.11. The second-order valence-corrected chi connectivity index (χ2v) is 6.29. The molecule has 0 saturated carbocycles. The molecule has 0 atom stereocenters. The minimum Gasteiger partial charge on any atom is -0.311 e. The average molecular weight is 365 g/mol. The van der Waals surface area contributed by atoms with E-state index in [2.05, 4.69) is 10.3 Å². The van der Waals surface area contributed by atoms with Gasteiger partial charge in [-0.3, -0.25) is 19.7 Å². The van der Waals surface area contributed by atoms with Gasteiger partial charge in [-0.25, -0.2) is 4.68 Å². The Balaban J connectivity index is 1.64. The van der Waals surface area contributed by atoms with Gasteiger partial charge in [0, 0.05) is 24.4 Å². The summed E-state index contributed by atoms with van der Waals surface area (Å²) in [7, 11) is 0. The highest BCUT2D eigenvalue weighted by Gasteiger charge is 2.25. The van der Waals surface area contributed by atoms with Crippen molar-refractivity contribution in [2.75, 3.05) is 11.4 Å². The normalized spacial score (nSPS) is 13.4. The van der Waals surface area contributed by atoms with Crippen LogP contribution in [0.25, 0.3) is 10.9 Å². The highest BCUT2D eigenvalue weighted by molar-refractivity contribution is 5.94. The summed E-state index contributed by atoms with van der Waals surface area (Å²) in [5, 5.41) is 19.2. The molecule has 9 nitrogen and oxygen atoms in total. The van der Waals surface area contributed by atoms with E-state index in [4.69, 9.17) is 0 Å². The Morgan fingerprint density at radius 3 is 2.85 bits per heavy atom. The molecule has 9 heteroatoms. The van der Waals surface area contributed by atoms with Gasteiger partial charge < -0.3 is 4.90 Å². The molecule has 27 heavy (non-hydrogen) atoms. The van der Waals surface area contributed by atoms with Crippen molar-refractivity contribution in [2.24, 2.45) is 0 Å². The topological polar surface area (TPSA) is 111 Å². The minimum absolute atomic E-state index is 0.000311. The van der Waals surface area contributed by atoms with Crippen LogP contribution in [0, 0.1) is 10.1 Å². The maximum absolute atomic E-state index is 12.8. The molecule has 1 aliphatic rings. The van der Waals surface area contributed by atoms with Gasteiger partial charge in [0.2, 0.25) is 5.91 Å². The lowest BCUT2D eigenvalue weighted by Gasteiger charge is -2.29. The molecule has 2 aromatic carbocycles. The maximum Gasteiger partial charge on any atom is 0.278 e. The first-order valence-corrected chi connectivity index (χ1v) is 8.45. The molecule has 4 rings (SSSR count). The quantitative estimate of drug-likeness (QED) is 0.516. The summed E-state index contributed by atoms with van der Waals surface area (Å²) in [6.07, 6.45) is 1.36. The van der Waals surface area contributed by atoms with E-state index in [0.717, 1.165) is 10.2 Å². The zero-order chi connectivity index (χ0) is 19.0. The van der Waals surface area contributed by atoms with Crippen LogP contribution in [-0.4, -0.2) is 32.4 Å². The fourth-order valence-corrected chi connectivity index (χ4v) is 3.30. The van der Waals surface area contributed by atoms with Crippen LogP contribution in [0.1, 0.15) is 12.0 Å². The third-order valence-corrected chi connectivity index (χ3v) is 4.61. The van der Waals surface area contributed by atoms with Gasteiger partial charge in [0.15, 0.2) is 0 Å². The number of carbonyl (C=O) groups is 1. The van der Waals surface area contributed by atoms with Crippen LogP contribution in [0.2, 0.25) is 0 Å². The molecule has 1 amide bonds. The largest absolute Gasteiger partial charge is 0.311 e. The SMILES string of the molecule is O=C(Cn1nnc2ccccc2c1=O)N1CCCc2cc([N+](=O)[O-])ccc21. The summed E-state index contributed by atoms with van der Waals surface area (Å²) in [6.45, 7) is 0.243. The lowest BCUT2D eigenvalue weighted by atomic mass is 10.0. The first-order valence-electron chi connectivity index (χ1n) is 8.45. The van der Waals surface area contributed by atoms with E-state index in [1.807, 2.05) is 0 Å². The molecule has 0 saturated heterocycles. The predicted octanol–water partition coefficient (Wildman–Crippen LogP) is 1.68. The first-order chi connectivity index (χ1) is 13.0. The zero-order valence-electron chi connectivity index (χ0n) is 14.2. The fourth-order valence-electron chi connectivity index (χ4n) is 3.30. The number of hydrogen-bond donors (Lipinski definition) is 0. The molecule has 2 heterocycles. The van der Waals surface area contributed by atoms with Gasteiger partial charge in [0.1, 0.15) is 12.1 Å². The van der Waals surface area contributed by atoms with Crippen LogP contribution in [0.5, 0.6) is 0 Å². The van der Waals surface area contributed by atoms with E-state index in [1.165, 1.54) is 12.1 Å². The van der Waals surface area contributed by atoms with Crippen molar-refractivity contribution in [3.63, 3.8) is 0 Å². The number of non-ortho nitro benzene ring substituents is 1. The molecule has 0 bridgehead atoms. The summed E-state index contributed by atoms with van der Waals surface area (Å²) >= 11 is 0. The molecule has 136 valence electrons. The van der Waals surface area contributed by atoms with E-state index in [9.17, 15) is 19.7 Å². The molecule has 0 radical (unpaired) electrons. The lowest BCUT2D eigenvalue weighted by molar-refractivity contribution is -0.384. The molecule has 1 aliphatic heterocycles. The summed E-state index contributed by atoms with van der Waals surface area (Å²) in [5.74, 6) is -0.309. The summed E-state index contributed by atoms with van der Waals surface area (Å²) < 4.78 is 1.05. The van der Waals surface area contributed by atoms with Gasteiger partial charge in [-0.1, -0.05) is 17.3 Å². The smallest absolute Gasteiger partial charge is 0.278 e. The van der Waals surface area contributed by atoms with E-state index < -0.39 is 4.92 Å². The number of nitro benzene ring substituents is 1. The number of hydrogen-bond acceptors (Lipinski definition) is 6. The van der Waals surface area contributed by atoms with Crippen LogP contribution in [0.4, 0.5) is 11.4 Å². The van der Waals surface area contributed by atoms with E-state index in [-0.39, 0.29) is 23.7 Å². The van der Waals surface area contributed by atoms with E-state index in [1.54, 1.807) is 35.2 Å².